The minimum Gasteiger partial charge on any atom is -0.494 e. The summed E-state index contributed by atoms with van der Waals surface area (Å²) in [5.41, 5.74) is -0.466. The van der Waals surface area contributed by atoms with Crippen LogP contribution in [-0.4, -0.2) is 59.1 Å². The smallest absolute Gasteiger partial charge is 0.246 e. The number of nitrogens with zero attached hydrogens (tertiary/aromatic N) is 1. The van der Waals surface area contributed by atoms with Crippen LogP contribution in [0.25, 0.3) is 0 Å². The highest BCUT2D eigenvalue weighted by atomic mass is 16.5. The first kappa shape index (κ1) is 27.3. The van der Waals surface area contributed by atoms with Crippen molar-refractivity contribution in [1.29, 1.82) is 0 Å². The molecule has 2 aliphatic carbocycles. The van der Waals surface area contributed by atoms with E-state index in [9.17, 15) is 14.4 Å². The maximum atomic E-state index is 14.4. The standard InChI is InChI=1S/C32H43N3O5/c1-2-39-24-17-15-22(16-18-24)33-29(36)26-25-19-20-32(40-25)27(26)31(38)35(23-13-9-4-3-5-10-14-23)28(32)30(37)34-21-11-7-6-8-12-21/h15-21,23,25-28H,2-14H2,1H3,(H,33,36)(H,34,37)/t25-,26-,27-,28-,32-/m0/s1. The van der Waals surface area contributed by atoms with Gasteiger partial charge in [0, 0.05) is 17.8 Å². The number of carbonyl (C=O) groups excluding carboxylic acids is 3. The van der Waals surface area contributed by atoms with E-state index in [-0.39, 0.29) is 29.8 Å². The third-order valence-corrected chi connectivity index (χ3v) is 9.72. The highest BCUT2D eigenvalue weighted by Gasteiger charge is 2.73. The Morgan fingerprint density at radius 2 is 1.60 bits per heavy atom. The highest BCUT2D eigenvalue weighted by Crippen LogP contribution is 2.56. The van der Waals surface area contributed by atoms with E-state index in [0.29, 0.717) is 12.3 Å². The van der Waals surface area contributed by atoms with Gasteiger partial charge in [0.05, 0.1) is 24.5 Å². The van der Waals surface area contributed by atoms with Crippen LogP contribution in [0.4, 0.5) is 5.69 Å². The summed E-state index contributed by atoms with van der Waals surface area (Å²) >= 11 is 0. The molecule has 8 heteroatoms. The van der Waals surface area contributed by atoms with Crippen molar-refractivity contribution in [1.82, 2.24) is 10.2 Å². The first-order chi connectivity index (χ1) is 19.5. The minimum atomic E-state index is -1.11. The molecule has 2 bridgehead atoms. The molecule has 3 aliphatic heterocycles. The Morgan fingerprint density at radius 1 is 0.950 bits per heavy atom. The van der Waals surface area contributed by atoms with Gasteiger partial charge in [-0.05, 0) is 56.9 Å². The maximum absolute atomic E-state index is 14.4. The van der Waals surface area contributed by atoms with Gasteiger partial charge in [0.2, 0.25) is 17.7 Å². The predicted molar refractivity (Wildman–Crippen MR) is 152 cm³/mol. The Hall–Kier alpha value is -2.87. The van der Waals surface area contributed by atoms with Crippen LogP contribution in [0.1, 0.15) is 84.0 Å². The molecule has 1 aromatic rings. The lowest BCUT2D eigenvalue weighted by Crippen LogP contribution is -2.58. The molecule has 3 heterocycles. The number of hydrogen-bond donors (Lipinski definition) is 2. The number of ether oxygens (including phenoxy) is 2. The predicted octanol–water partition coefficient (Wildman–Crippen LogP) is 4.74. The summed E-state index contributed by atoms with van der Waals surface area (Å²) in [7, 11) is 0. The van der Waals surface area contributed by atoms with Crippen molar-refractivity contribution >= 4 is 23.4 Å². The maximum Gasteiger partial charge on any atom is 0.246 e. The molecular weight excluding hydrogens is 506 g/mol. The quantitative estimate of drug-likeness (QED) is 0.479. The number of benzene rings is 1. The summed E-state index contributed by atoms with van der Waals surface area (Å²) in [6.45, 7) is 2.49. The van der Waals surface area contributed by atoms with Crippen molar-refractivity contribution in [2.75, 3.05) is 11.9 Å². The van der Waals surface area contributed by atoms with Crippen molar-refractivity contribution in [3.8, 4) is 5.75 Å². The summed E-state index contributed by atoms with van der Waals surface area (Å²) in [6, 6.07) is 6.62. The van der Waals surface area contributed by atoms with Crippen molar-refractivity contribution in [2.45, 2.75) is 114 Å². The van der Waals surface area contributed by atoms with Gasteiger partial charge < -0.3 is 25.0 Å². The Morgan fingerprint density at radius 3 is 2.30 bits per heavy atom. The minimum absolute atomic E-state index is 0.0132. The molecule has 1 spiro atoms. The second-order valence-electron chi connectivity index (χ2n) is 12.2. The van der Waals surface area contributed by atoms with Crippen LogP contribution in [0.2, 0.25) is 0 Å². The monoisotopic (exact) mass is 549 g/mol. The van der Waals surface area contributed by atoms with Crippen LogP contribution in [-0.2, 0) is 19.1 Å². The second kappa shape index (κ2) is 11.6. The number of hydrogen-bond acceptors (Lipinski definition) is 5. The number of likely N-dealkylation sites (tertiary alicyclic amines) is 1. The van der Waals surface area contributed by atoms with Crippen LogP contribution in [0.3, 0.4) is 0 Å². The number of rotatable bonds is 7. The van der Waals surface area contributed by atoms with E-state index < -0.39 is 29.6 Å². The second-order valence-corrected chi connectivity index (χ2v) is 12.2. The molecule has 6 rings (SSSR count). The van der Waals surface area contributed by atoms with E-state index in [1.165, 1.54) is 12.8 Å². The summed E-state index contributed by atoms with van der Waals surface area (Å²) in [5, 5.41) is 6.32. The summed E-state index contributed by atoms with van der Waals surface area (Å²) in [5.74, 6) is -1.14. The fourth-order valence-electron chi connectivity index (χ4n) is 7.87. The van der Waals surface area contributed by atoms with Crippen LogP contribution in [0.5, 0.6) is 5.75 Å². The van der Waals surface area contributed by atoms with E-state index in [0.717, 1.165) is 70.0 Å². The van der Waals surface area contributed by atoms with E-state index in [1.54, 1.807) is 12.1 Å². The molecule has 216 valence electrons. The van der Waals surface area contributed by atoms with E-state index in [4.69, 9.17) is 9.47 Å². The van der Waals surface area contributed by atoms with Gasteiger partial charge >= 0.3 is 0 Å². The summed E-state index contributed by atoms with van der Waals surface area (Å²) in [4.78, 5) is 44.1. The molecule has 0 unspecified atom stereocenters. The number of amides is 3. The highest BCUT2D eigenvalue weighted by molar-refractivity contribution is 6.03. The lowest BCUT2D eigenvalue weighted by Gasteiger charge is -2.38. The lowest BCUT2D eigenvalue weighted by molar-refractivity contribution is -0.144. The average Bonchev–Trinajstić information content (AvgIpc) is 3.58. The molecule has 4 fully saturated rings. The zero-order chi connectivity index (χ0) is 27.7. The van der Waals surface area contributed by atoms with Gasteiger partial charge in [0.1, 0.15) is 17.4 Å². The molecule has 2 N–H and O–H groups in total. The van der Waals surface area contributed by atoms with Crippen LogP contribution >= 0.6 is 0 Å². The van der Waals surface area contributed by atoms with Gasteiger partial charge in [-0.15, -0.1) is 0 Å². The average molecular weight is 550 g/mol. The number of fused-ring (bicyclic) bond motifs is 1. The van der Waals surface area contributed by atoms with E-state index in [2.05, 4.69) is 10.6 Å². The van der Waals surface area contributed by atoms with Crippen molar-refractivity contribution in [3.05, 3.63) is 36.4 Å². The fraction of sp³-hybridized carbons (Fsp3) is 0.656. The molecule has 8 nitrogen and oxygen atoms in total. The number of nitrogens with one attached hydrogen (secondary N) is 2. The molecule has 0 radical (unpaired) electrons. The number of carbonyl (C=O) groups is 3. The van der Waals surface area contributed by atoms with Crippen molar-refractivity contribution < 1.29 is 23.9 Å². The van der Waals surface area contributed by atoms with Gasteiger partial charge in [-0.1, -0.05) is 63.5 Å². The molecule has 2 saturated carbocycles. The Bertz CT molecular complexity index is 1120. The summed E-state index contributed by atoms with van der Waals surface area (Å²) in [6.07, 6.45) is 16.1. The Kier molecular flexibility index (Phi) is 7.89. The molecule has 2 saturated heterocycles. The third kappa shape index (κ3) is 4.93. The van der Waals surface area contributed by atoms with E-state index >= 15 is 0 Å². The molecule has 1 aromatic carbocycles. The van der Waals surface area contributed by atoms with Crippen LogP contribution < -0.4 is 15.4 Å². The Labute approximate surface area is 237 Å². The normalized spacial score (nSPS) is 32.4. The zero-order valence-electron chi connectivity index (χ0n) is 23.6. The third-order valence-electron chi connectivity index (χ3n) is 9.72. The van der Waals surface area contributed by atoms with Gasteiger partial charge in [-0.25, -0.2) is 0 Å². The Balaban J connectivity index is 1.29. The van der Waals surface area contributed by atoms with Crippen LogP contribution in [0, 0.1) is 11.8 Å². The number of anilines is 1. The van der Waals surface area contributed by atoms with E-state index in [1.807, 2.05) is 36.1 Å². The lowest BCUT2D eigenvalue weighted by atomic mass is 9.74. The van der Waals surface area contributed by atoms with Gasteiger partial charge in [0.15, 0.2) is 0 Å². The van der Waals surface area contributed by atoms with Gasteiger partial charge in [0.25, 0.3) is 0 Å². The topological polar surface area (TPSA) is 97.0 Å². The first-order valence-electron chi connectivity index (χ1n) is 15.6. The molecule has 40 heavy (non-hydrogen) atoms. The largest absolute Gasteiger partial charge is 0.494 e. The van der Waals surface area contributed by atoms with Gasteiger partial charge in [-0.3, -0.25) is 14.4 Å². The summed E-state index contributed by atoms with van der Waals surface area (Å²) < 4.78 is 12.1. The zero-order valence-corrected chi connectivity index (χ0v) is 23.6. The fourth-order valence-corrected chi connectivity index (χ4v) is 7.87. The van der Waals surface area contributed by atoms with Gasteiger partial charge in [-0.2, -0.15) is 0 Å². The SMILES string of the molecule is CCOc1ccc(NC(=O)[C@H]2[C@@H]3C=C[C@]4(O3)[C@@H]2C(=O)N(C2CCCCCCC2)[C@H]4C(=O)NC2CCCCC2)cc1. The molecular formula is C32H43N3O5. The first-order valence-corrected chi connectivity index (χ1v) is 15.6. The van der Waals surface area contributed by atoms with Crippen molar-refractivity contribution in [3.63, 3.8) is 0 Å². The van der Waals surface area contributed by atoms with Crippen LogP contribution in [0.15, 0.2) is 36.4 Å². The van der Waals surface area contributed by atoms with Crippen molar-refractivity contribution in [2.24, 2.45) is 11.8 Å². The molecule has 0 aromatic heterocycles. The molecule has 5 atom stereocenters. The molecule has 3 amide bonds. The molecule has 5 aliphatic rings.